The van der Waals surface area contributed by atoms with Crippen LogP contribution in [0.1, 0.15) is 51.2 Å². The summed E-state index contributed by atoms with van der Waals surface area (Å²) in [5.41, 5.74) is 6.97. The minimum absolute atomic E-state index is 0.485. The molecule has 1 rings (SSSR count). The summed E-state index contributed by atoms with van der Waals surface area (Å²) in [5.74, 6) is 0.485. The van der Waals surface area contributed by atoms with Crippen LogP contribution in [0.5, 0.6) is 0 Å². The van der Waals surface area contributed by atoms with Crippen LogP contribution in [0.15, 0.2) is 36.6 Å². The predicted molar refractivity (Wildman–Crippen MR) is 77.1 cm³/mol. The van der Waals surface area contributed by atoms with E-state index < -0.39 is 0 Å². The topological polar surface area (TPSA) is 0 Å². The fourth-order valence-electron chi connectivity index (χ4n) is 2.07. The number of unbranched alkanes of at least 4 members (excludes halogenated alkanes) is 2. The zero-order valence-corrected chi connectivity index (χ0v) is 11.4. The van der Waals surface area contributed by atoms with Gasteiger partial charge in [-0.1, -0.05) is 64.5 Å². The number of benzene rings is 1. The molecule has 0 bridgehead atoms. The van der Waals surface area contributed by atoms with E-state index in [9.17, 15) is 0 Å². The second-order valence-electron chi connectivity index (χ2n) is 4.90. The van der Waals surface area contributed by atoms with Crippen molar-refractivity contribution >= 4 is 5.57 Å². The molecule has 0 spiro atoms. The largest absolute Gasteiger partial charge is 0.124 e. The smallest absolute Gasteiger partial charge is 0.00313 e. The third kappa shape index (κ3) is 4.24. The van der Waals surface area contributed by atoms with Gasteiger partial charge in [0.15, 0.2) is 0 Å². The molecule has 0 saturated heterocycles. The molecule has 0 aliphatic rings. The SMILES string of the molecule is C=C=C(c1ccc(CCCCC)cc1)C(C)C. The third-order valence-corrected chi connectivity index (χ3v) is 3.10. The van der Waals surface area contributed by atoms with Gasteiger partial charge < -0.3 is 0 Å². The molecule has 0 saturated carbocycles. The molecule has 0 heteroatoms. The molecule has 0 aliphatic heterocycles. The molecule has 0 N–H and O–H groups in total. The summed E-state index contributed by atoms with van der Waals surface area (Å²) in [6, 6.07) is 8.89. The Bertz CT molecular complexity index is 375. The van der Waals surface area contributed by atoms with E-state index in [1.54, 1.807) is 0 Å². The minimum atomic E-state index is 0.485. The number of hydrogen-bond acceptors (Lipinski definition) is 0. The lowest BCUT2D eigenvalue weighted by atomic mass is 9.95. The number of rotatable bonds is 6. The van der Waals surface area contributed by atoms with Crippen molar-refractivity contribution in [2.45, 2.75) is 46.5 Å². The fraction of sp³-hybridized carbons (Fsp3) is 0.471. The first-order chi connectivity index (χ1) is 8.19. The molecule has 17 heavy (non-hydrogen) atoms. The van der Waals surface area contributed by atoms with Gasteiger partial charge in [0.1, 0.15) is 0 Å². The standard InChI is InChI=1S/C17H24/c1-5-7-8-9-15-10-12-16(13-11-15)17(6-2)14(3)4/h10-14H,2,5,7-9H2,1,3-4H3. The van der Waals surface area contributed by atoms with E-state index >= 15 is 0 Å². The monoisotopic (exact) mass is 228 g/mol. The quantitative estimate of drug-likeness (QED) is 0.461. The Labute approximate surface area is 106 Å². The van der Waals surface area contributed by atoms with Crippen molar-refractivity contribution < 1.29 is 0 Å². The lowest BCUT2D eigenvalue weighted by Crippen LogP contribution is -1.93. The van der Waals surface area contributed by atoms with Crippen LogP contribution in [0.25, 0.3) is 5.57 Å². The normalized spacial score (nSPS) is 10.4. The first-order valence-electron chi connectivity index (χ1n) is 6.68. The van der Waals surface area contributed by atoms with Gasteiger partial charge in [-0.15, -0.1) is 5.73 Å². The van der Waals surface area contributed by atoms with Crippen molar-refractivity contribution in [1.82, 2.24) is 0 Å². The van der Waals surface area contributed by atoms with Crippen molar-refractivity contribution in [3.05, 3.63) is 47.7 Å². The Morgan fingerprint density at radius 1 is 1.18 bits per heavy atom. The Balaban J connectivity index is 2.70. The maximum absolute atomic E-state index is 3.78. The molecule has 0 radical (unpaired) electrons. The van der Waals surface area contributed by atoms with E-state index in [-0.39, 0.29) is 0 Å². The molecule has 0 heterocycles. The van der Waals surface area contributed by atoms with Gasteiger partial charge in [-0.05, 0) is 29.9 Å². The van der Waals surface area contributed by atoms with Gasteiger partial charge in [0.2, 0.25) is 0 Å². The molecule has 1 aromatic rings. The van der Waals surface area contributed by atoms with E-state index in [2.05, 4.69) is 57.3 Å². The van der Waals surface area contributed by atoms with Crippen molar-refractivity contribution in [1.29, 1.82) is 0 Å². The lowest BCUT2D eigenvalue weighted by molar-refractivity contribution is 0.717. The average molecular weight is 228 g/mol. The molecule has 0 aromatic heterocycles. The Morgan fingerprint density at radius 2 is 1.82 bits per heavy atom. The summed E-state index contributed by atoms with van der Waals surface area (Å²) in [6.07, 6.45) is 5.10. The van der Waals surface area contributed by atoms with Crippen LogP contribution in [0.2, 0.25) is 0 Å². The van der Waals surface area contributed by atoms with E-state index in [1.165, 1.54) is 42.4 Å². The fourth-order valence-corrected chi connectivity index (χ4v) is 2.07. The van der Waals surface area contributed by atoms with Crippen LogP contribution < -0.4 is 0 Å². The van der Waals surface area contributed by atoms with Crippen LogP contribution in [0, 0.1) is 5.92 Å². The summed E-state index contributed by atoms with van der Waals surface area (Å²) in [7, 11) is 0. The third-order valence-electron chi connectivity index (χ3n) is 3.10. The summed E-state index contributed by atoms with van der Waals surface area (Å²) in [6.45, 7) is 10.4. The van der Waals surface area contributed by atoms with E-state index in [4.69, 9.17) is 0 Å². The molecule has 0 aliphatic carbocycles. The predicted octanol–water partition coefficient (Wildman–Crippen LogP) is 5.24. The molecule has 0 fully saturated rings. The first-order valence-corrected chi connectivity index (χ1v) is 6.68. The summed E-state index contributed by atoms with van der Waals surface area (Å²) in [4.78, 5) is 0. The van der Waals surface area contributed by atoms with Gasteiger partial charge in [-0.2, -0.15) is 0 Å². The molecule has 0 atom stereocenters. The van der Waals surface area contributed by atoms with Gasteiger partial charge in [0, 0.05) is 5.57 Å². The molecule has 0 unspecified atom stereocenters. The molecular formula is C17H24. The molecule has 0 nitrogen and oxygen atoms in total. The zero-order chi connectivity index (χ0) is 12.7. The maximum Gasteiger partial charge on any atom is 0.00313 e. The van der Waals surface area contributed by atoms with Crippen LogP contribution in [-0.2, 0) is 6.42 Å². The summed E-state index contributed by atoms with van der Waals surface area (Å²) >= 11 is 0. The Hall–Kier alpha value is -1.26. The van der Waals surface area contributed by atoms with Crippen molar-refractivity contribution in [3.63, 3.8) is 0 Å². The van der Waals surface area contributed by atoms with Gasteiger partial charge in [0.25, 0.3) is 0 Å². The zero-order valence-electron chi connectivity index (χ0n) is 11.4. The summed E-state index contributed by atoms with van der Waals surface area (Å²) in [5, 5.41) is 0. The number of aryl methyl sites for hydroxylation is 1. The van der Waals surface area contributed by atoms with E-state index in [1.807, 2.05) is 0 Å². The maximum atomic E-state index is 3.78. The molecular weight excluding hydrogens is 204 g/mol. The van der Waals surface area contributed by atoms with Crippen LogP contribution in [0.3, 0.4) is 0 Å². The number of allylic oxidation sites excluding steroid dienone is 1. The number of hydrogen-bond donors (Lipinski definition) is 0. The van der Waals surface area contributed by atoms with Gasteiger partial charge in [-0.25, -0.2) is 0 Å². The van der Waals surface area contributed by atoms with Crippen LogP contribution >= 0.6 is 0 Å². The second-order valence-corrected chi connectivity index (χ2v) is 4.90. The molecule has 92 valence electrons. The van der Waals surface area contributed by atoms with E-state index in [0.717, 1.165) is 0 Å². The first kappa shape index (κ1) is 13.8. The summed E-state index contributed by atoms with van der Waals surface area (Å²) < 4.78 is 0. The van der Waals surface area contributed by atoms with Crippen LogP contribution in [-0.4, -0.2) is 0 Å². The highest BCUT2D eigenvalue weighted by Gasteiger charge is 2.05. The highest BCUT2D eigenvalue weighted by molar-refractivity contribution is 5.66. The lowest BCUT2D eigenvalue weighted by Gasteiger charge is -2.09. The highest BCUT2D eigenvalue weighted by atomic mass is 14.1. The van der Waals surface area contributed by atoms with Gasteiger partial charge in [-0.3, -0.25) is 0 Å². The molecule has 1 aromatic carbocycles. The van der Waals surface area contributed by atoms with Crippen molar-refractivity contribution in [3.8, 4) is 0 Å². The highest BCUT2D eigenvalue weighted by Crippen LogP contribution is 2.22. The van der Waals surface area contributed by atoms with Gasteiger partial charge in [0.05, 0.1) is 0 Å². The molecule has 0 amide bonds. The van der Waals surface area contributed by atoms with Gasteiger partial charge >= 0.3 is 0 Å². The van der Waals surface area contributed by atoms with Crippen LogP contribution in [0.4, 0.5) is 0 Å². The second kappa shape index (κ2) is 7.14. The van der Waals surface area contributed by atoms with Crippen molar-refractivity contribution in [2.75, 3.05) is 0 Å². The van der Waals surface area contributed by atoms with Crippen molar-refractivity contribution in [2.24, 2.45) is 5.92 Å². The van der Waals surface area contributed by atoms with E-state index in [0.29, 0.717) is 5.92 Å². The minimum Gasteiger partial charge on any atom is -0.124 e. The Morgan fingerprint density at radius 3 is 2.29 bits per heavy atom. The Kier molecular flexibility index (Phi) is 5.80. The average Bonchev–Trinajstić information content (AvgIpc) is 2.32.